The molecule has 0 aliphatic rings. The zero-order valence-corrected chi connectivity index (χ0v) is 16.2. The van der Waals surface area contributed by atoms with E-state index in [4.69, 9.17) is 4.52 Å². The summed E-state index contributed by atoms with van der Waals surface area (Å²) in [6.07, 6.45) is 4.41. The predicted molar refractivity (Wildman–Crippen MR) is 104 cm³/mol. The second-order valence-corrected chi connectivity index (χ2v) is 6.96. The normalized spacial score (nSPS) is 11.0. The molecule has 28 heavy (non-hydrogen) atoms. The maximum atomic E-state index is 12.7. The Morgan fingerprint density at radius 1 is 1.21 bits per heavy atom. The topological polar surface area (TPSA) is 108 Å². The molecule has 0 unspecified atom stereocenters. The van der Waals surface area contributed by atoms with Crippen LogP contribution in [0.4, 0.5) is 0 Å². The average Bonchev–Trinajstić information content (AvgIpc) is 3.36. The number of carbonyl (C=O) groups excluding carboxylic acids is 1. The van der Waals surface area contributed by atoms with Gasteiger partial charge < -0.3 is 9.84 Å². The van der Waals surface area contributed by atoms with Crippen LogP contribution in [0.1, 0.15) is 16.1 Å². The first kappa shape index (κ1) is 18.1. The van der Waals surface area contributed by atoms with Gasteiger partial charge in [0.1, 0.15) is 11.7 Å². The Balaban J connectivity index is 1.47. The largest absolute Gasteiger partial charge is 0.351 e. The number of rotatable bonds is 6. The third-order valence-corrected chi connectivity index (χ3v) is 4.69. The number of fused-ring (bicyclic) bond motifs is 1. The van der Waals surface area contributed by atoms with Gasteiger partial charge >= 0.3 is 0 Å². The van der Waals surface area contributed by atoms with E-state index in [0.717, 1.165) is 10.0 Å². The predicted octanol–water partition coefficient (Wildman–Crippen LogP) is 1.82. The molecule has 9 nitrogen and oxygen atoms in total. The van der Waals surface area contributed by atoms with Gasteiger partial charge in [-0.25, -0.2) is 9.67 Å². The smallest absolute Gasteiger partial charge is 0.289 e. The number of amides is 1. The molecule has 0 fully saturated rings. The van der Waals surface area contributed by atoms with E-state index in [1.165, 1.54) is 24.8 Å². The molecule has 3 heterocycles. The van der Waals surface area contributed by atoms with Gasteiger partial charge in [0.2, 0.25) is 5.76 Å². The molecule has 0 aliphatic carbocycles. The zero-order chi connectivity index (χ0) is 19.5. The number of nitrogens with one attached hydrogen (secondary N) is 1. The summed E-state index contributed by atoms with van der Waals surface area (Å²) in [6.45, 7) is 1.10. The van der Waals surface area contributed by atoms with Crippen molar-refractivity contribution in [2.24, 2.45) is 0 Å². The van der Waals surface area contributed by atoms with Crippen molar-refractivity contribution in [1.82, 2.24) is 29.8 Å². The minimum Gasteiger partial charge on any atom is -0.351 e. The number of benzene rings is 1. The van der Waals surface area contributed by atoms with Crippen molar-refractivity contribution in [3.05, 3.63) is 75.2 Å². The van der Waals surface area contributed by atoms with Crippen LogP contribution in [0.5, 0.6) is 0 Å². The number of nitrogens with zero attached hydrogens (tertiary/aromatic N) is 5. The highest BCUT2D eigenvalue weighted by Crippen LogP contribution is 2.12. The van der Waals surface area contributed by atoms with Gasteiger partial charge in [-0.1, -0.05) is 33.2 Å². The summed E-state index contributed by atoms with van der Waals surface area (Å²) >= 11 is 3.39. The molecule has 0 saturated heterocycles. The number of hydrogen-bond acceptors (Lipinski definition) is 6. The first-order chi connectivity index (χ1) is 13.6. The van der Waals surface area contributed by atoms with Gasteiger partial charge in [0.05, 0.1) is 25.5 Å². The highest BCUT2D eigenvalue weighted by atomic mass is 79.9. The van der Waals surface area contributed by atoms with Gasteiger partial charge in [0.25, 0.3) is 11.5 Å². The van der Waals surface area contributed by atoms with E-state index >= 15 is 0 Å². The summed E-state index contributed by atoms with van der Waals surface area (Å²) in [6, 6.07) is 9.23. The molecule has 0 radical (unpaired) electrons. The molecule has 1 amide bonds. The van der Waals surface area contributed by atoms with Crippen molar-refractivity contribution in [1.29, 1.82) is 0 Å². The fourth-order valence-corrected chi connectivity index (χ4v) is 3.02. The molecule has 4 aromatic rings. The molecule has 0 bridgehead atoms. The maximum Gasteiger partial charge on any atom is 0.289 e. The van der Waals surface area contributed by atoms with Crippen LogP contribution in [0.3, 0.4) is 0 Å². The molecule has 10 heteroatoms. The highest BCUT2D eigenvalue weighted by molar-refractivity contribution is 9.10. The Morgan fingerprint density at radius 2 is 2.04 bits per heavy atom. The van der Waals surface area contributed by atoms with Crippen LogP contribution in [0, 0.1) is 0 Å². The van der Waals surface area contributed by atoms with E-state index in [-0.39, 0.29) is 17.2 Å². The molecule has 0 atom stereocenters. The van der Waals surface area contributed by atoms with Gasteiger partial charge in [-0.3, -0.25) is 14.2 Å². The minimum atomic E-state index is -0.362. The Kier molecular flexibility index (Phi) is 5.02. The van der Waals surface area contributed by atoms with Crippen molar-refractivity contribution in [2.45, 2.75) is 13.1 Å². The van der Waals surface area contributed by atoms with E-state index in [9.17, 15) is 9.59 Å². The maximum absolute atomic E-state index is 12.7. The van der Waals surface area contributed by atoms with Crippen molar-refractivity contribution >= 4 is 32.9 Å². The van der Waals surface area contributed by atoms with Gasteiger partial charge in [-0.2, -0.15) is 5.10 Å². The van der Waals surface area contributed by atoms with Crippen LogP contribution in [0.2, 0.25) is 0 Å². The summed E-state index contributed by atoms with van der Waals surface area (Å²) in [5.41, 5.74) is 1.31. The molecule has 0 saturated carbocycles. The number of hydrogen-bond donors (Lipinski definition) is 1. The lowest BCUT2D eigenvalue weighted by atomic mass is 10.2. The number of aromatic nitrogens is 5. The van der Waals surface area contributed by atoms with E-state index < -0.39 is 0 Å². The average molecular weight is 443 g/mol. The van der Waals surface area contributed by atoms with Gasteiger partial charge in [0.15, 0.2) is 5.65 Å². The van der Waals surface area contributed by atoms with Crippen LogP contribution in [0.25, 0.3) is 11.0 Å². The van der Waals surface area contributed by atoms with E-state index in [2.05, 4.69) is 36.5 Å². The first-order valence-electron chi connectivity index (χ1n) is 8.46. The minimum absolute atomic E-state index is 0.138. The van der Waals surface area contributed by atoms with Crippen LogP contribution in [-0.2, 0) is 13.1 Å². The molecule has 0 spiro atoms. The fraction of sp³-hybridized carbons (Fsp3) is 0.167. The Morgan fingerprint density at radius 3 is 2.79 bits per heavy atom. The summed E-state index contributed by atoms with van der Waals surface area (Å²) < 4.78 is 8.90. The Hall–Kier alpha value is -3.27. The summed E-state index contributed by atoms with van der Waals surface area (Å²) in [5, 5.41) is 10.8. The van der Waals surface area contributed by atoms with Crippen LogP contribution >= 0.6 is 15.9 Å². The van der Waals surface area contributed by atoms with Crippen molar-refractivity contribution in [3.8, 4) is 0 Å². The lowest BCUT2D eigenvalue weighted by molar-refractivity contribution is 0.0915. The van der Waals surface area contributed by atoms with Crippen molar-refractivity contribution in [2.75, 3.05) is 6.54 Å². The van der Waals surface area contributed by atoms with Crippen LogP contribution < -0.4 is 10.9 Å². The lowest BCUT2D eigenvalue weighted by Crippen LogP contribution is -2.27. The van der Waals surface area contributed by atoms with Crippen LogP contribution in [-0.4, -0.2) is 36.9 Å². The zero-order valence-electron chi connectivity index (χ0n) is 14.6. The second-order valence-electron chi connectivity index (χ2n) is 6.04. The monoisotopic (exact) mass is 442 g/mol. The highest BCUT2D eigenvalue weighted by Gasteiger charge is 2.12. The quantitative estimate of drug-likeness (QED) is 0.487. The SMILES string of the molecule is O=C(NCCn1ncc2c(=O)n(Cc3ccc(Br)cc3)cnc21)c1ccno1. The molecular formula is C18H15BrN6O3. The Labute approximate surface area is 167 Å². The van der Waals surface area contributed by atoms with E-state index in [1.54, 1.807) is 9.25 Å². The molecule has 142 valence electrons. The summed E-state index contributed by atoms with van der Waals surface area (Å²) in [4.78, 5) is 28.9. The van der Waals surface area contributed by atoms with E-state index in [1.807, 2.05) is 24.3 Å². The summed E-state index contributed by atoms with van der Waals surface area (Å²) in [7, 11) is 0. The first-order valence-corrected chi connectivity index (χ1v) is 9.25. The van der Waals surface area contributed by atoms with Gasteiger partial charge in [-0.05, 0) is 17.7 Å². The number of halogens is 1. The molecule has 3 aromatic heterocycles. The van der Waals surface area contributed by atoms with E-state index in [0.29, 0.717) is 30.7 Å². The standard InChI is InChI=1S/C18H15BrN6O3/c19-13-3-1-12(2-4-13)10-24-11-21-16-14(18(24)27)9-22-25(16)8-7-20-17(26)15-5-6-23-28-15/h1-6,9,11H,7-8,10H2,(H,20,26). The Bertz CT molecular complexity index is 1160. The molecule has 1 aromatic carbocycles. The summed E-state index contributed by atoms with van der Waals surface area (Å²) in [5.74, 6) is -0.224. The molecule has 0 aliphatic heterocycles. The van der Waals surface area contributed by atoms with Gasteiger partial charge in [-0.15, -0.1) is 0 Å². The third-order valence-electron chi connectivity index (χ3n) is 4.16. The molecular weight excluding hydrogens is 428 g/mol. The number of carbonyl (C=O) groups is 1. The lowest BCUT2D eigenvalue weighted by Gasteiger charge is -2.07. The third kappa shape index (κ3) is 3.72. The van der Waals surface area contributed by atoms with Crippen molar-refractivity contribution < 1.29 is 9.32 Å². The molecule has 4 rings (SSSR count). The van der Waals surface area contributed by atoms with Crippen molar-refractivity contribution in [3.63, 3.8) is 0 Å². The molecule has 1 N–H and O–H groups in total. The van der Waals surface area contributed by atoms with Crippen LogP contribution in [0.15, 0.2) is 62.8 Å². The van der Waals surface area contributed by atoms with Gasteiger partial charge in [0, 0.05) is 17.1 Å². The fourth-order valence-electron chi connectivity index (χ4n) is 2.76. The second kappa shape index (κ2) is 7.77.